The van der Waals surface area contributed by atoms with Gasteiger partial charge in [-0.1, -0.05) is 18.2 Å². The molecule has 3 heteroatoms. The molecule has 0 aliphatic rings. The van der Waals surface area contributed by atoms with Gasteiger partial charge < -0.3 is 0 Å². The van der Waals surface area contributed by atoms with Crippen LogP contribution in [0.25, 0.3) is 0 Å². The van der Waals surface area contributed by atoms with Crippen LogP contribution in [0.2, 0.25) is 4.59 Å². The number of ether oxygens (including phenoxy) is 2. The Labute approximate surface area is 127 Å². The van der Waals surface area contributed by atoms with Gasteiger partial charge in [0.05, 0.1) is 0 Å². The van der Waals surface area contributed by atoms with Crippen molar-refractivity contribution >= 4 is 17.7 Å². The van der Waals surface area contributed by atoms with E-state index in [9.17, 15) is 0 Å². The minimum Gasteiger partial charge on any atom is -0.0622 e. The molecule has 1 rings (SSSR count). The number of rotatable bonds is 10. The number of hydrogen-bond acceptors (Lipinski definition) is 2. The summed E-state index contributed by atoms with van der Waals surface area (Å²) in [6, 6.07) is 10.2. The van der Waals surface area contributed by atoms with Gasteiger partial charge in [-0.3, -0.25) is 0 Å². The summed E-state index contributed by atoms with van der Waals surface area (Å²) < 4.78 is 11.8. The Morgan fingerprint density at radius 1 is 1.11 bits per heavy atom. The predicted molar refractivity (Wildman–Crippen MR) is 80.2 cm³/mol. The Balaban J connectivity index is 1.91. The van der Waals surface area contributed by atoms with Gasteiger partial charge in [-0.15, -0.1) is 0 Å². The number of benzene rings is 1. The average Bonchev–Trinajstić information content (AvgIpc) is 2.38. The molecular formula is C16H25LiO2. The van der Waals surface area contributed by atoms with Crippen LogP contribution in [0.15, 0.2) is 30.3 Å². The second-order valence-corrected chi connectivity index (χ2v) is 5.74. The van der Waals surface area contributed by atoms with Gasteiger partial charge in [0, 0.05) is 0 Å². The molecule has 19 heavy (non-hydrogen) atoms. The average molecular weight is 256 g/mol. The van der Waals surface area contributed by atoms with Crippen molar-refractivity contribution in [1.29, 1.82) is 0 Å². The smallest absolute Gasteiger partial charge is 0.0622 e. The van der Waals surface area contributed by atoms with E-state index < -0.39 is 0 Å². The minimum absolute atomic E-state index is 0.396. The molecule has 1 aromatic carbocycles. The molecule has 0 saturated heterocycles. The molecule has 0 N–H and O–H groups in total. The van der Waals surface area contributed by atoms with E-state index in [0.717, 1.165) is 23.5 Å². The summed E-state index contributed by atoms with van der Waals surface area (Å²) in [7, 11) is 0. The minimum atomic E-state index is 0.396. The Bertz CT molecular complexity index is 314. The quantitative estimate of drug-likeness (QED) is 0.358. The van der Waals surface area contributed by atoms with E-state index in [2.05, 4.69) is 43.7 Å². The standard InChI is InChI=1S/C16H25O2.Li/c1-3-8-15(2)9-7-12-17-14-18-13-16-10-5-4-6-11-16;/h3-6,10-11,15H,7-9,12-14H2,1-2H3;. The van der Waals surface area contributed by atoms with Crippen molar-refractivity contribution in [1.82, 2.24) is 0 Å². The summed E-state index contributed by atoms with van der Waals surface area (Å²) in [5, 5.41) is 0. The van der Waals surface area contributed by atoms with Crippen molar-refractivity contribution in [2.75, 3.05) is 13.4 Å². The summed E-state index contributed by atoms with van der Waals surface area (Å²) in [6.07, 6.45) is 3.68. The maximum atomic E-state index is 5.49. The zero-order valence-corrected chi connectivity index (χ0v) is 12.6. The fourth-order valence-corrected chi connectivity index (χ4v) is 2.31. The Morgan fingerprint density at radius 3 is 2.53 bits per heavy atom. The van der Waals surface area contributed by atoms with Crippen LogP contribution in [0.3, 0.4) is 0 Å². The molecular weight excluding hydrogens is 231 g/mol. The molecule has 102 valence electrons. The topological polar surface area (TPSA) is 18.5 Å². The van der Waals surface area contributed by atoms with Crippen LogP contribution in [0.1, 0.15) is 38.7 Å². The van der Waals surface area contributed by atoms with Crippen LogP contribution in [0.5, 0.6) is 0 Å². The van der Waals surface area contributed by atoms with Crippen molar-refractivity contribution in [2.45, 2.75) is 44.3 Å². The first kappa shape index (κ1) is 16.8. The summed E-state index contributed by atoms with van der Waals surface area (Å²) in [4.78, 5) is 0. The van der Waals surface area contributed by atoms with Crippen molar-refractivity contribution in [3.05, 3.63) is 35.9 Å². The molecule has 0 saturated carbocycles. The molecule has 0 aliphatic heterocycles. The molecule has 0 radical (unpaired) electrons. The van der Waals surface area contributed by atoms with E-state index in [1.54, 1.807) is 0 Å². The van der Waals surface area contributed by atoms with E-state index in [1.807, 2.05) is 18.2 Å². The monoisotopic (exact) mass is 256 g/mol. The third-order valence-electron chi connectivity index (χ3n) is 3.14. The van der Waals surface area contributed by atoms with E-state index in [1.165, 1.54) is 18.4 Å². The van der Waals surface area contributed by atoms with Gasteiger partial charge in [-0.25, -0.2) is 0 Å². The van der Waals surface area contributed by atoms with E-state index in [-0.39, 0.29) is 0 Å². The molecule has 2 atom stereocenters. The van der Waals surface area contributed by atoms with Gasteiger partial charge in [-0.05, 0) is 0 Å². The molecule has 0 bridgehead atoms. The Morgan fingerprint density at radius 2 is 1.84 bits per heavy atom. The zero-order valence-electron chi connectivity index (χ0n) is 12.6. The van der Waals surface area contributed by atoms with Crippen molar-refractivity contribution < 1.29 is 9.47 Å². The van der Waals surface area contributed by atoms with Gasteiger partial charge in [0.1, 0.15) is 0 Å². The maximum absolute atomic E-state index is 5.49. The van der Waals surface area contributed by atoms with Crippen LogP contribution >= 0.6 is 0 Å². The van der Waals surface area contributed by atoms with Gasteiger partial charge in [-0.2, -0.15) is 0 Å². The molecule has 0 amide bonds. The van der Waals surface area contributed by atoms with Crippen LogP contribution < -0.4 is 0 Å². The molecule has 2 nitrogen and oxygen atoms in total. The van der Waals surface area contributed by atoms with Crippen molar-refractivity contribution in [3.8, 4) is 0 Å². The fourth-order valence-electron chi connectivity index (χ4n) is 2.31. The molecule has 0 aromatic heterocycles. The zero-order chi connectivity index (χ0) is 13.9. The first-order chi connectivity index (χ1) is 9.18. The van der Waals surface area contributed by atoms with Crippen LogP contribution in [0, 0.1) is 5.92 Å². The molecule has 0 heterocycles. The molecule has 0 spiro atoms. The van der Waals surface area contributed by atoms with E-state index in [4.69, 9.17) is 9.47 Å². The Hall–Kier alpha value is -0.263. The van der Waals surface area contributed by atoms with Crippen molar-refractivity contribution in [2.24, 2.45) is 5.92 Å². The van der Waals surface area contributed by atoms with Crippen LogP contribution in [0.4, 0.5) is 0 Å². The van der Waals surface area contributed by atoms with E-state index >= 15 is 0 Å². The van der Waals surface area contributed by atoms with Gasteiger partial charge >= 0.3 is 109 Å². The van der Waals surface area contributed by atoms with Crippen molar-refractivity contribution in [3.63, 3.8) is 0 Å². The van der Waals surface area contributed by atoms with E-state index in [0.29, 0.717) is 13.4 Å². The summed E-state index contributed by atoms with van der Waals surface area (Å²) >= 11 is 2.28. The molecule has 1 aromatic rings. The molecule has 2 unspecified atom stereocenters. The third-order valence-corrected chi connectivity index (χ3v) is 3.14. The fraction of sp³-hybridized carbons (Fsp3) is 0.625. The predicted octanol–water partition coefficient (Wildman–Crippen LogP) is 3.96. The summed E-state index contributed by atoms with van der Waals surface area (Å²) in [6.45, 7) is 6.44. The first-order valence-electron chi connectivity index (χ1n) is 7.38. The van der Waals surface area contributed by atoms with Gasteiger partial charge in [0.2, 0.25) is 0 Å². The second-order valence-electron chi connectivity index (χ2n) is 5.74. The van der Waals surface area contributed by atoms with Crippen LogP contribution in [-0.2, 0) is 16.1 Å². The third kappa shape index (κ3) is 9.30. The Kier molecular flexibility index (Phi) is 9.29. The first-order valence-corrected chi connectivity index (χ1v) is 7.38. The molecule has 0 aliphatic carbocycles. The van der Waals surface area contributed by atoms with Crippen LogP contribution in [-0.4, -0.2) is 31.1 Å². The second kappa shape index (κ2) is 10.5. The number of hydrogen-bond donors (Lipinski definition) is 0. The molecule has 0 fully saturated rings. The normalized spacial score (nSPS) is 14.3. The van der Waals surface area contributed by atoms with Gasteiger partial charge in [0.15, 0.2) is 0 Å². The SMILES string of the molecule is [Li][CH](C)CC(C)CCCOCOCc1ccccc1. The summed E-state index contributed by atoms with van der Waals surface area (Å²) in [5.74, 6) is 0.800. The van der Waals surface area contributed by atoms with Gasteiger partial charge in [0.25, 0.3) is 0 Å². The summed E-state index contributed by atoms with van der Waals surface area (Å²) in [5.41, 5.74) is 1.19.